The van der Waals surface area contributed by atoms with Gasteiger partial charge in [0.2, 0.25) is 0 Å². The number of terminal acetylenes is 1. The minimum atomic E-state index is -1.23. The van der Waals surface area contributed by atoms with Crippen LogP contribution in [-0.4, -0.2) is 28.9 Å². The highest BCUT2D eigenvalue weighted by molar-refractivity contribution is 6.35. The molecule has 1 aliphatic rings. The molecule has 0 bridgehead atoms. The number of hydrogen-bond acceptors (Lipinski definition) is 4. The lowest BCUT2D eigenvalue weighted by Crippen LogP contribution is -2.55. The highest BCUT2D eigenvalue weighted by Gasteiger charge is 2.52. The van der Waals surface area contributed by atoms with Crippen LogP contribution in [0.1, 0.15) is 40.5 Å². The van der Waals surface area contributed by atoms with Gasteiger partial charge in [0.15, 0.2) is 6.10 Å². The first kappa shape index (κ1) is 20.9. The van der Waals surface area contributed by atoms with E-state index in [1.165, 1.54) is 0 Å². The Labute approximate surface area is 164 Å². The summed E-state index contributed by atoms with van der Waals surface area (Å²) in [5.41, 5.74) is -1.80. The summed E-state index contributed by atoms with van der Waals surface area (Å²) in [4.78, 5) is 12.4. The highest BCUT2D eigenvalue weighted by atomic mass is 35.5. The molecule has 142 valence electrons. The number of esters is 1. The lowest BCUT2D eigenvalue weighted by Gasteiger charge is -2.49. The van der Waals surface area contributed by atoms with Crippen molar-refractivity contribution in [2.45, 2.75) is 58.3 Å². The number of aliphatic hydroxyl groups is 1. The lowest BCUT2D eigenvalue weighted by atomic mass is 9.60. The summed E-state index contributed by atoms with van der Waals surface area (Å²) in [7, 11) is 0. The van der Waals surface area contributed by atoms with Gasteiger partial charge in [-0.05, 0) is 38.0 Å². The molecule has 0 aliphatic heterocycles. The molecular weight excluding hydrogens is 375 g/mol. The van der Waals surface area contributed by atoms with Gasteiger partial charge in [0.1, 0.15) is 17.5 Å². The fourth-order valence-electron chi connectivity index (χ4n) is 3.54. The standard InChI is InChI=1S/C20H24Cl2O4/c1-6-20(24)12(2)9-15(11-19(20,4)5)26-18(23)13(3)25-17-8-7-14(21)10-16(17)22/h1,7-8,10,12-13,15,24H,9,11H2,2-5H3/t12-,13+,15-,20+/m0/s1. The molecule has 1 N–H and O–H groups in total. The molecule has 4 nitrogen and oxygen atoms in total. The van der Waals surface area contributed by atoms with Gasteiger partial charge >= 0.3 is 5.97 Å². The van der Waals surface area contributed by atoms with Crippen LogP contribution in [0.2, 0.25) is 10.0 Å². The average Bonchev–Trinajstić information content (AvgIpc) is 2.54. The quantitative estimate of drug-likeness (QED) is 0.599. The molecule has 1 fully saturated rings. The molecule has 0 amide bonds. The predicted molar refractivity (Wildman–Crippen MR) is 102 cm³/mol. The Kier molecular flexibility index (Phi) is 6.17. The zero-order valence-electron chi connectivity index (χ0n) is 15.4. The van der Waals surface area contributed by atoms with Crippen LogP contribution in [0.4, 0.5) is 0 Å². The van der Waals surface area contributed by atoms with Crippen LogP contribution in [0.25, 0.3) is 0 Å². The Balaban J connectivity index is 2.02. The number of ether oxygens (including phenoxy) is 2. The summed E-state index contributed by atoms with van der Waals surface area (Å²) in [5.74, 6) is 2.20. The van der Waals surface area contributed by atoms with Crippen molar-refractivity contribution >= 4 is 29.2 Å². The SMILES string of the molecule is C#C[C@@]1(O)[C@@H](C)C[C@H](OC(=O)[C@@H](C)Oc2ccc(Cl)cc2Cl)CC1(C)C. The summed E-state index contributed by atoms with van der Waals surface area (Å²) in [6.45, 7) is 7.24. The third-order valence-corrected chi connectivity index (χ3v) is 5.66. The average molecular weight is 399 g/mol. The first-order chi connectivity index (χ1) is 12.0. The molecule has 0 aromatic heterocycles. The molecule has 1 aromatic carbocycles. The van der Waals surface area contributed by atoms with Gasteiger partial charge in [-0.25, -0.2) is 4.79 Å². The molecule has 26 heavy (non-hydrogen) atoms. The fraction of sp³-hybridized carbons (Fsp3) is 0.550. The number of benzene rings is 1. The molecule has 4 atom stereocenters. The second-order valence-corrected chi connectivity index (χ2v) is 8.37. The van der Waals surface area contributed by atoms with Crippen LogP contribution in [0.15, 0.2) is 18.2 Å². The van der Waals surface area contributed by atoms with E-state index in [9.17, 15) is 9.90 Å². The predicted octanol–water partition coefficient (Wildman–Crippen LogP) is 4.49. The summed E-state index contributed by atoms with van der Waals surface area (Å²) < 4.78 is 11.2. The number of carbonyl (C=O) groups is 1. The van der Waals surface area contributed by atoms with E-state index in [1.807, 2.05) is 20.8 Å². The van der Waals surface area contributed by atoms with Crippen molar-refractivity contribution in [1.29, 1.82) is 0 Å². The van der Waals surface area contributed by atoms with Crippen LogP contribution in [0.3, 0.4) is 0 Å². The Bertz CT molecular complexity index is 725. The van der Waals surface area contributed by atoms with Crippen molar-refractivity contribution in [3.05, 3.63) is 28.2 Å². The van der Waals surface area contributed by atoms with Crippen LogP contribution >= 0.6 is 23.2 Å². The van der Waals surface area contributed by atoms with Crippen LogP contribution in [0, 0.1) is 23.7 Å². The number of halogens is 2. The first-order valence-electron chi connectivity index (χ1n) is 8.52. The minimum absolute atomic E-state index is 0.198. The molecule has 0 saturated heterocycles. The van der Waals surface area contributed by atoms with E-state index in [1.54, 1.807) is 25.1 Å². The molecule has 0 heterocycles. The highest BCUT2D eigenvalue weighted by Crippen LogP contribution is 2.47. The van der Waals surface area contributed by atoms with Gasteiger partial charge in [-0.3, -0.25) is 0 Å². The van der Waals surface area contributed by atoms with Crippen molar-refractivity contribution in [2.75, 3.05) is 0 Å². The van der Waals surface area contributed by atoms with Gasteiger partial charge in [0, 0.05) is 16.4 Å². The number of hydrogen-bond donors (Lipinski definition) is 1. The second-order valence-electron chi connectivity index (χ2n) is 7.53. The van der Waals surface area contributed by atoms with E-state index >= 15 is 0 Å². The number of carbonyl (C=O) groups excluding carboxylic acids is 1. The fourth-order valence-corrected chi connectivity index (χ4v) is 3.99. The maximum Gasteiger partial charge on any atom is 0.347 e. The first-order valence-corrected chi connectivity index (χ1v) is 9.28. The molecule has 6 heteroatoms. The van der Waals surface area contributed by atoms with Crippen molar-refractivity contribution in [2.24, 2.45) is 11.3 Å². The van der Waals surface area contributed by atoms with E-state index in [0.717, 1.165) is 0 Å². The van der Waals surface area contributed by atoms with E-state index in [4.69, 9.17) is 39.1 Å². The molecule has 1 aromatic rings. The maximum absolute atomic E-state index is 12.4. The maximum atomic E-state index is 12.4. The molecule has 0 unspecified atom stereocenters. The van der Waals surface area contributed by atoms with Gasteiger partial charge in [0.05, 0.1) is 5.02 Å². The van der Waals surface area contributed by atoms with Crippen molar-refractivity contribution in [3.8, 4) is 18.1 Å². The van der Waals surface area contributed by atoms with Crippen LogP contribution in [-0.2, 0) is 9.53 Å². The van der Waals surface area contributed by atoms with Crippen LogP contribution in [0.5, 0.6) is 5.75 Å². The van der Waals surface area contributed by atoms with Gasteiger partial charge in [-0.2, -0.15) is 0 Å². The third-order valence-electron chi connectivity index (χ3n) is 5.13. The Hall–Kier alpha value is -1.41. The summed E-state index contributed by atoms with van der Waals surface area (Å²) in [6, 6.07) is 4.78. The largest absolute Gasteiger partial charge is 0.477 e. The summed E-state index contributed by atoms with van der Waals surface area (Å²) in [5, 5.41) is 11.6. The zero-order valence-corrected chi connectivity index (χ0v) is 16.9. The van der Waals surface area contributed by atoms with Crippen molar-refractivity contribution in [3.63, 3.8) is 0 Å². The summed E-state index contributed by atoms with van der Waals surface area (Å²) in [6.07, 6.45) is 5.35. The Morgan fingerprint density at radius 3 is 2.62 bits per heavy atom. The molecule has 0 spiro atoms. The van der Waals surface area contributed by atoms with E-state index < -0.39 is 23.1 Å². The Morgan fingerprint density at radius 1 is 1.42 bits per heavy atom. The smallest absolute Gasteiger partial charge is 0.347 e. The number of rotatable bonds is 4. The molecule has 1 saturated carbocycles. The molecule has 2 rings (SSSR count). The van der Waals surface area contributed by atoms with Crippen molar-refractivity contribution in [1.82, 2.24) is 0 Å². The normalized spacial score (nSPS) is 28.7. The van der Waals surface area contributed by atoms with E-state index in [2.05, 4.69) is 5.92 Å². The van der Waals surface area contributed by atoms with E-state index in [0.29, 0.717) is 28.6 Å². The molecule has 1 aliphatic carbocycles. The van der Waals surface area contributed by atoms with Gasteiger partial charge in [-0.15, -0.1) is 6.42 Å². The Morgan fingerprint density at radius 2 is 2.08 bits per heavy atom. The third kappa shape index (κ3) is 4.11. The van der Waals surface area contributed by atoms with Gasteiger partial charge in [-0.1, -0.05) is 49.9 Å². The second kappa shape index (κ2) is 7.68. The lowest BCUT2D eigenvalue weighted by molar-refractivity contribution is -0.172. The monoisotopic (exact) mass is 398 g/mol. The van der Waals surface area contributed by atoms with Gasteiger partial charge < -0.3 is 14.6 Å². The van der Waals surface area contributed by atoms with Gasteiger partial charge in [0.25, 0.3) is 0 Å². The van der Waals surface area contributed by atoms with Crippen LogP contribution < -0.4 is 4.74 Å². The zero-order chi connectivity index (χ0) is 19.7. The molecular formula is C20H24Cl2O4. The van der Waals surface area contributed by atoms with E-state index in [-0.39, 0.29) is 12.0 Å². The summed E-state index contributed by atoms with van der Waals surface area (Å²) >= 11 is 11.9. The topological polar surface area (TPSA) is 55.8 Å². The molecule has 0 radical (unpaired) electrons. The minimum Gasteiger partial charge on any atom is -0.477 e. The van der Waals surface area contributed by atoms with Crippen molar-refractivity contribution < 1.29 is 19.4 Å².